The first-order valence-electron chi connectivity index (χ1n) is 10.8. The minimum atomic E-state index is -0.473. The second kappa shape index (κ2) is 10.8. The van der Waals surface area contributed by atoms with Crippen LogP contribution in [0.25, 0.3) is 10.9 Å². The van der Waals surface area contributed by atoms with Crippen LogP contribution in [0.2, 0.25) is 5.02 Å². The highest BCUT2D eigenvalue weighted by Gasteiger charge is 2.17. The SMILES string of the molecule is COc1cc2nccc(Nc3ccc(Cl)cc3F)c2cc1C(=O)NCCCN1CCOCC1. The van der Waals surface area contributed by atoms with Crippen LogP contribution in [0.15, 0.2) is 42.6 Å². The molecule has 0 radical (unpaired) electrons. The van der Waals surface area contributed by atoms with Gasteiger partial charge in [0.15, 0.2) is 0 Å². The predicted octanol–water partition coefficient (Wildman–Crippen LogP) is 4.23. The molecule has 2 heterocycles. The summed E-state index contributed by atoms with van der Waals surface area (Å²) < 4.78 is 25.1. The fourth-order valence-corrected chi connectivity index (χ4v) is 3.95. The van der Waals surface area contributed by atoms with E-state index in [9.17, 15) is 9.18 Å². The smallest absolute Gasteiger partial charge is 0.255 e. The highest BCUT2D eigenvalue weighted by Crippen LogP contribution is 2.32. The van der Waals surface area contributed by atoms with Gasteiger partial charge in [-0.1, -0.05) is 11.6 Å². The Balaban J connectivity index is 1.52. The number of anilines is 2. The standard InChI is InChI=1S/C24H26ClFN4O3/c1-32-23-15-22-17(20(5-7-27-22)29-21-4-3-16(25)13-19(21)26)14-18(23)24(31)28-6-2-8-30-9-11-33-12-10-30/h3-5,7,13-15H,2,6,8-12H2,1H3,(H,27,29)(H,28,31). The average molecular weight is 473 g/mol. The van der Waals surface area contributed by atoms with Gasteiger partial charge in [0.2, 0.25) is 0 Å². The number of fused-ring (bicyclic) bond motifs is 1. The molecule has 33 heavy (non-hydrogen) atoms. The third-order valence-electron chi connectivity index (χ3n) is 5.55. The molecule has 0 bridgehead atoms. The quantitative estimate of drug-likeness (QED) is 0.478. The number of morpholine rings is 1. The molecule has 9 heteroatoms. The predicted molar refractivity (Wildman–Crippen MR) is 127 cm³/mol. The van der Waals surface area contributed by atoms with E-state index in [1.54, 1.807) is 36.5 Å². The second-order valence-corrected chi connectivity index (χ2v) is 8.18. The Labute approximate surface area is 196 Å². The van der Waals surface area contributed by atoms with E-state index in [1.807, 2.05) is 0 Å². The Kier molecular flexibility index (Phi) is 7.59. The Hall–Kier alpha value is -2.94. The number of hydrogen-bond donors (Lipinski definition) is 2. The lowest BCUT2D eigenvalue weighted by Crippen LogP contribution is -2.38. The van der Waals surface area contributed by atoms with Crippen molar-refractivity contribution in [1.82, 2.24) is 15.2 Å². The van der Waals surface area contributed by atoms with Crippen molar-refractivity contribution in [2.24, 2.45) is 0 Å². The van der Waals surface area contributed by atoms with E-state index >= 15 is 0 Å². The van der Waals surface area contributed by atoms with Crippen LogP contribution >= 0.6 is 11.6 Å². The number of aromatic nitrogens is 1. The van der Waals surface area contributed by atoms with Crippen LogP contribution in [0.4, 0.5) is 15.8 Å². The number of rotatable bonds is 8. The second-order valence-electron chi connectivity index (χ2n) is 7.74. The fraction of sp³-hybridized carbons (Fsp3) is 0.333. The Morgan fingerprint density at radius 3 is 2.79 bits per heavy atom. The van der Waals surface area contributed by atoms with Crippen molar-refractivity contribution >= 4 is 39.8 Å². The summed E-state index contributed by atoms with van der Waals surface area (Å²) in [7, 11) is 1.52. The Bertz CT molecular complexity index is 1140. The lowest BCUT2D eigenvalue weighted by molar-refractivity contribution is 0.0374. The number of nitrogens with one attached hydrogen (secondary N) is 2. The molecule has 7 nitrogen and oxygen atoms in total. The van der Waals surface area contributed by atoms with E-state index < -0.39 is 5.82 Å². The monoisotopic (exact) mass is 472 g/mol. The van der Waals surface area contributed by atoms with Gasteiger partial charge in [-0.25, -0.2) is 4.39 Å². The highest BCUT2D eigenvalue weighted by atomic mass is 35.5. The molecule has 3 aromatic rings. The summed E-state index contributed by atoms with van der Waals surface area (Å²) in [6.45, 7) is 4.80. The molecule has 0 saturated carbocycles. The number of hydrogen-bond acceptors (Lipinski definition) is 6. The van der Waals surface area contributed by atoms with Gasteiger partial charge in [-0.3, -0.25) is 14.7 Å². The Morgan fingerprint density at radius 2 is 2.03 bits per heavy atom. The van der Waals surface area contributed by atoms with Gasteiger partial charge in [0.25, 0.3) is 5.91 Å². The van der Waals surface area contributed by atoms with Crippen LogP contribution in [0.5, 0.6) is 5.75 Å². The number of carbonyl (C=O) groups excluding carboxylic acids is 1. The summed E-state index contributed by atoms with van der Waals surface area (Å²) in [5.74, 6) is -0.280. The number of pyridine rings is 1. The molecule has 1 aliphatic rings. The average Bonchev–Trinajstić information content (AvgIpc) is 2.83. The topological polar surface area (TPSA) is 75.7 Å². The van der Waals surface area contributed by atoms with Gasteiger partial charge in [-0.15, -0.1) is 0 Å². The number of benzene rings is 2. The minimum absolute atomic E-state index is 0.233. The summed E-state index contributed by atoms with van der Waals surface area (Å²) in [5, 5.41) is 7.03. The van der Waals surface area contributed by atoms with Crippen molar-refractivity contribution in [1.29, 1.82) is 0 Å². The van der Waals surface area contributed by atoms with E-state index in [-0.39, 0.29) is 11.6 Å². The maximum atomic E-state index is 14.3. The first-order chi connectivity index (χ1) is 16.0. The summed E-state index contributed by atoms with van der Waals surface area (Å²) >= 11 is 5.86. The van der Waals surface area contributed by atoms with Crippen molar-refractivity contribution in [3.8, 4) is 5.75 Å². The molecule has 1 aromatic heterocycles. The molecular weight excluding hydrogens is 447 g/mol. The first kappa shape index (κ1) is 23.2. The molecule has 2 aromatic carbocycles. The van der Waals surface area contributed by atoms with Gasteiger partial charge >= 0.3 is 0 Å². The summed E-state index contributed by atoms with van der Waals surface area (Å²) in [5.41, 5.74) is 1.90. The molecule has 1 saturated heterocycles. The Morgan fingerprint density at radius 1 is 1.21 bits per heavy atom. The van der Waals surface area contributed by atoms with Crippen LogP contribution in [-0.2, 0) is 4.74 Å². The third kappa shape index (κ3) is 5.71. The number of halogens is 2. The van der Waals surface area contributed by atoms with Crippen LogP contribution in [0.3, 0.4) is 0 Å². The van der Waals surface area contributed by atoms with Gasteiger partial charge in [0, 0.05) is 48.0 Å². The van der Waals surface area contributed by atoms with Gasteiger partial charge in [0.05, 0.1) is 37.1 Å². The zero-order valence-corrected chi connectivity index (χ0v) is 19.1. The number of carbonyl (C=O) groups is 1. The summed E-state index contributed by atoms with van der Waals surface area (Å²) in [6.07, 6.45) is 2.45. The zero-order valence-electron chi connectivity index (χ0n) is 18.4. The maximum absolute atomic E-state index is 14.3. The van der Waals surface area contributed by atoms with Crippen molar-refractivity contribution in [3.63, 3.8) is 0 Å². The molecule has 2 N–H and O–H groups in total. The van der Waals surface area contributed by atoms with E-state index in [1.165, 1.54) is 13.2 Å². The van der Waals surface area contributed by atoms with Crippen molar-refractivity contribution in [2.45, 2.75) is 6.42 Å². The van der Waals surface area contributed by atoms with Crippen LogP contribution in [0.1, 0.15) is 16.8 Å². The number of methoxy groups -OCH3 is 1. The third-order valence-corrected chi connectivity index (χ3v) is 5.78. The van der Waals surface area contributed by atoms with Gasteiger partial charge < -0.3 is 20.1 Å². The van der Waals surface area contributed by atoms with E-state index in [2.05, 4.69) is 20.5 Å². The molecule has 4 rings (SSSR count). The van der Waals surface area contributed by atoms with Crippen molar-refractivity contribution in [3.05, 3.63) is 59.0 Å². The van der Waals surface area contributed by atoms with E-state index in [4.69, 9.17) is 21.1 Å². The lowest BCUT2D eigenvalue weighted by Gasteiger charge is -2.26. The van der Waals surface area contributed by atoms with E-state index in [0.717, 1.165) is 39.3 Å². The summed E-state index contributed by atoms with van der Waals surface area (Å²) in [4.78, 5) is 19.6. The number of nitrogens with zero attached hydrogens (tertiary/aromatic N) is 2. The molecule has 1 aliphatic heterocycles. The molecule has 1 amide bonds. The van der Waals surface area contributed by atoms with Crippen molar-refractivity contribution in [2.75, 3.05) is 51.8 Å². The fourth-order valence-electron chi connectivity index (χ4n) is 3.79. The van der Waals surface area contributed by atoms with Gasteiger partial charge in [0.1, 0.15) is 11.6 Å². The largest absolute Gasteiger partial charge is 0.496 e. The van der Waals surface area contributed by atoms with Gasteiger partial charge in [-0.05, 0) is 43.3 Å². The molecule has 0 spiro atoms. The number of amides is 1. The molecule has 0 aliphatic carbocycles. The zero-order chi connectivity index (χ0) is 23.2. The van der Waals surface area contributed by atoms with Crippen LogP contribution in [0, 0.1) is 5.82 Å². The molecule has 1 fully saturated rings. The van der Waals surface area contributed by atoms with Gasteiger partial charge in [-0.2, -0.15) is 0 Å². The summed E-state index contributed by atoms with van der Waals surface area (Å²) in [6, 6.07) is 9.57. The molecular formula is C24H26ClFN4O3. The minimum Gasteiger partial charge on any atom is -0.496 e. The number of ether oxygens (including phenoxy) is 2. The molecule has 174 valence electrons. The lowest BCUT2D eigenvalue weighted by atomic mass is 10.1. The first-order valence-corrected chi connectivity index (χ1v) is 11.2. The molecule has 0 atom stereocenters. The van der Waals surface area contributed by atoms with Crippen LogP contribution in [-0.4, -0.2) is 62.3 Å². The normalized spacial score (nSPS) is 14.3. The highest BCUT2D eigenvalue weighted by molar-refractivity contribution is 6.30. The maximum Gasteiger partial charge on any atom is 0.255 e. The van der Waals surface area contributed by atoms with E-state index in [0.29, 0.717) is 39.5 Å². The molecule has 0 unspecified atom stereocenters. The van der Waals surface area contributed by atoms with Crippen LogP contribution < -0.4 is 15.4 Å². The van der Waals surface area contributed by atoms with Crippen molar-refractivity contribution < 1.29 is 18.7 Å².